The molecule has 0 spiro atoms. The minimum Gasteiger partial charge on any atom is -0.504 e. The molecule has 1 aliphatic rings. The lowest BCUT2D eigenvalue weighted by molar-refractivity contribution is 0.371. The third kappa shape index (κ3) is 2.11. The fraction of sp³-hybridized carbons (Fsp3) is 0.556. The lowest BCUT2D eigenvalue weighted by atomic mass is 9.69. The molecule has 0 atom stereocenters. The fourth-order valence-corrected chi connectivity index (χ4v) is 3.07. The van der Waals surface area contributed by atoms with Crippen molar-refractivity contribution in [3.63, 3.8) is 0 Å². The van der Waals surface area contributed by atoms with Crippen molar-refractivity contribution in [3.8, 4) is 11.5 Å². The Kier molecular flexibility index (Phi) is 3.20. The van der Waals surface area contributed by atoms with Gasteiger partial charge in [-0.25, -0.2) is 0 Å². The minimum atomic E-state index is -0.197. The summed E-state index contributed by atoms with van der Waals surface area (Å²) in [5.74, 6) is 0.103. The zero-order valence-corrected chi connectivity index (χ0v) is 13.7. The minimum absolute atomic E-state index is 0.0181. The first-order chi connectivity index (χ1) is 8.97. The van der Waals surface area contributed by atoms with E-state index in [9.17, 15) is 10.2 Å². The lowest BCUT2D eigenvalue weighted by Crippen LogP contribution is -2.23. The maximum Gasteiger partial charge on any atom is 0.161 e. The molecule has 2 N–H and O–H groups in total. The Labute approximate surface area is 122 Å². The molecule has 0 saturated carbocycles. The van der Waals surface area contributed by atoms with Crippen LogP contribution in [0.2, 0.25) is 0 Å². The van der Waals surface area contributed by atoms with Crippen LogP contribution in [0.25, 0.3) is 5.57 Å². The van der Waals surface area contributed by atoms with Crippen molar-refractivity contribution in [3.05, 3.63) is 28.3 Å². The number of hydrogen-bond donors (Lipinski definition) is 2. The van der Waals surface area contributed by atoms with Gasteiger partial charge in [0.15, 0.2) is 11.5 Å². The SMILES string of the molecule is CC1=C(C)C(C)(C)Cc2c1cc(C(C)(C)C)c(O)c2O. The summed E-state index contributed by atoms with van der Waals surface area (Å²) in [5.41, 5.74) is 5.17. The van der Waals surface area contributed by atoms with Gasteiger partial charge in [0.25, 0.3) is 0 Å². The normalized spacial score (nSPS) is 18.1. The highest BCUT2D eigenvalue weighted by atomic mass is 16.3. The molecular weight excluding hydrogens is 248 g/mol. The van der Waals surface area contributed by atoms with Crippen LogP contribution in [0.3, 0.4) is 0 Å². The summed E-state index contributed by atoms with van der Waals surface area (Å²) >= 11 is 0. The number of rotatable bonds is 0. The average Bonchev–Trinajstić information content (AvgIpc) is 2.30. The fourth-order valence-electron chi connectivity index (χ4n) is 3.07. The number of fused-ring (bicyclic) bond motifs is 1. The van der Waals surface area contributed by atoms with Gasteiger partial charge in [-0.3, -0.25) is 0 Å². The lowest BCUT2D eigenvalue weighted by Gasteiger charge is -2.36. The van der Waals surface area contributed by atoms with Gasteiger partial charge >= 0.3 is 0 Å². The second-order valence-corrected chi connectivity index (χ2v) is 7.71. The Morgan fingerprint density at radius 3 is 2.10 bits per heavy atom. The average molecular weight is 274 g/mol. The maximum atomic E-state index is 10.5. The van der Waals surface area contributed by atoms with Crippen LogP contribution in [0.4, 0.5) is 0 Å². The van der Waals surface area contributed by atoms with E-state index in [0.717, 1.165) is 23.1 Å². The summed E-state index contributed by atoms with van der Waals surface area (Å²) in [4.78, 5) is 0. The molecule has 1 aromatic rings. The summed E-state index contributed by atoms with van der Waals surface area (Å²) in [5, 5.41) is 20.8. The highest BCUT2D eigenvalue weighted by Gasteiger charge is 2.34. The van der Waals surface area contributed by atoms with E-state index >= 15 is 0 Å². The molecule has 2 heteroatoms. The predicted molar refractivity (Wildman–Crippen MR) is 84.2 cm³/mol. The Hall–Kier alpha value is -1.44. The molecule has 0 saturated heterocycles. The Morgan fingerprint density at radius 1 is 1.05 bits per heavy atom. The molecular formula is C18H26O2. The molecule has 1 aliphatic carbocycles. The molecule has 2 rings (SSSR count). The molecule has 0 aromatic heterocycles. The number of phenols is 2. The Morgan fingerprint density at radius 2 is 1.60 bits per heavy atom. The first kappa shape index (κ1) is 15.0. The van der Waals surface area contributed by atoms with Crippen LogP contribution in [-0.4, -0.2) is 10.2 Å². The van der Waals surface area contributed by atoms with E-state index in [4.69, 9.17) is 0 Å². The number of benzene rings is 1. The maximum absolute atomic E-state index is 10.5. The van der Waals surface area contributed by atoms with Crippen molar-refractivity contribution in [1.82, 2.24) is 0 Å². The first-order valence-corrected chi connectivity index (χ1v) is 7.23. The van der Waals surface area contributed by atoms with Crippen LogP contribution in [0, 0.1) is 5.41 Å². The van der Waals surface area contributed by atoms with Gasteiger partial charge in [-0.05, 0) is 48.3 Å². The molecule has 110 valence electrons. The van der Waals surface area contributed by atoms with Gasteiger partial charge in [0, 0.05) is 11.1 Å². The van der Waals surface area contributed by atoms with E-state index in [1.807, 2.05) is 20.8 Å². The molecule has 20 heavy (non-hydrogen) atoms. The number of aromatic hydroxyl groups is 2. The number of hydrogen-bond acceptors (Lipinski definition) is 2. The van der Waals surface area contributed by atoms with Crippen molar-refractivity contribution >= 4 is 5.57 Å². The monoisotopic (exact) mass is 274 g/mol. The third-order valence-electron chi connectivity index (χ3n) is 4.79. The quantitative estimate of drug-likeness (QED) is 0.669. The van der Waals surface area contributed by atoms with Crippen LogP contribution >= 0.6 is 0 Å². The molecule has 0 radical (unpaired) electrons. The van der Waals surface area contributed by atoms with Crippen LogP contribution in [0.5, 0.6) is 11.5 Å². The topological polar surface area (TPSA) is 40.5 Å². The highest BCUT2D eigenvalue weighted by molar-refractivity contribution is 5.77. The summed E-state index contributed by atoms with van der Waals surface area (Å²) in [7, 11) is 0. The Balaban J connectivity index is 2.80. The van der Waals surface area contributed by atoms with Crippen LogP contribution in [-0.2, 0) is 11.8 Å². The Bertz CT molecular complexity index is 599. The standard InChI is InChI=1S/C18H26O2/c1-10-11(2)18(6,7)9-13-12(10)8-14(17(3,4)5)16(20)15(13)19/h8,19-20H,9H2,1-7H3. The smallest absolute Gasteiger partial charge is 0.161 e. The summed E-state index contributed by atoms with van der Waals surface area (Å²) in [6.45, 7) is 14.8. The second-order valence-electron chi connectivity index (χ2n) is 7.71. The van der Waals surface area contributed by atoms with E-state index in [1.54, 1.807) is 0 Å². The van der Waals surface area contributed by atoms with Gasteiger partial charge < -0.3 is 10.2 Å². The van der Waals surface area contributed by atoms with E-state index in [2.05, 4.69) is 33.8 Å². The van der Waals surface area contributed by atoms with E-state index in [0.29, 0.717) is 0 Å². The molecule has 0 amide bonds. The van der Waals surface area contributed by atoms with Gasteiger partial charge in [-0.15, -0.1) is 0 Å². The number of allylic oxidation sites excluding steroid dienone is 2. The van der Waals surface area contributed by atoms with Crippen LogP contribution in [0.1, 0.15) is 65.2 Å². The summed E-state index contributed by atoms with van der Waals surface area (Å²) in [6, 6.07) is 2.05. The number of phenolic OH excluding ortho intramolecular Hbond substituents is 2. The molecule has 2 nitrogen and oxygen atoms in total. The van der Waals surface area contributed by atoms with E-state index in [-0.39, 0.29) is 22.3 Å². The largest absolute Gasteiger partial charge is 0.504 e. The second kappa shape index (κ2) is 4.28. The van der Waals surface area contributed by atoms with Gasteiger partial charge in [-0.2, -0.15) is 0 Å². The van der Waals surface area contributed by atoms with E-state index < -0.39 is 0 Å². The van der Waals surface area contributed by atoms with Gasteiger partial charge in [-0.1, -0.05) is 40.2 Å². The predicted octanol–water partition coefficient (Wildman–Crippen LogP) is 4.77. The van der Waals surface area contributed by atoms with Crippen molar-refractivity contribution in [2.45, 2.75) is 60.3 Å². The third-order valence-corrected chi connectivity index (χ3v) is 4.79. The highest BCUT2D eigenvalue weighted by Crippen LogP contribution is 2.50. The van der Waals surface area contributed by atoms with Crippen LogP contribution in [0.15, 0.2) is 11.6 Å². The zero-order valence-electron chi connectivity index (χ0n) is 13.7. The van der Waals surface area contributed by atoms with Crippen molar-refractivity contribution in [2.75, 3.05) is 0 Å². The van der Waals surface area contributed by atoms with Crippen molar-refractivity contribution in [2.24, 2.45) is 5.41 Å². The van der Waals surface area contributed by atoms with Gasteiger partial charge in [0.1, 0.15) is 0 Å². The zero-order chi connectivity index (χ0) is 15.5. The van der Waals surface area contributed by atoms with Gasteiger partial charge in [0.05, 0.1) is 0 Å². The summed E-state index contributed by atoms with van der Waals surface area (Å²) < 4.78 is 0. The van der Waals surface area contributed by atoms with Gasteiger partial charge in [0.2, 0.25) is 0 Å². The molecule has 0 unspecified atom stereocenters. The van der Waals surface area contributed by atoms with Crippen LogP contribution < -0.4 is 0 Å². The van der Waals surface area contributed by atoms with Crippen molar-refractivity contribution in [1.29, 1.82) is 0 Å². The molecule has 0 bridgehead atoms. The summed E-state index contributed by atoms with van der Waals surface area (Å²) in [6.07, 6.45) is 0.759. The van der Waals surface area contributed by atoms with Crippen molar-refractivity contribution < 1.29 is 10.2 Å². The molecule has 0 fully saturated rings. The molecule has 1 aromatic carbocycles. The molecule has 0 aliphatic heterocycles. The van der Waals surface area contributed by atoms with E-state index in [1.165, 1.54) is 11.1 Å². The molecule has 0 heterocycles. The first-order valence-electron chi connectivity index (χ1n) is 7.23.